The van der Waals surface area contributed by atoms with Crippen molar-refractivity contribution in [3.05, 3.63) is 113 Å². The van der Waals surface area contributed by atoms with Crippen LogP contribution >= 0.6 is 23.4 Å². The highest BCUT2D eigenvalue weighted by atomic mass is 35.5. The Labute approximate surface area is 273 Å². The fourth-order valence-electron chi connectivity index (χ4n) is 5.22. The number of methoxy groups -OCH3 is 1. The Bertz CT molecular complexity index is 1870. The molecule has 1 aliphatic heterocycles. The maximum absolute atomic E-state index is 14.0. The van der Waals surface area contributed by atoms with E-state index in [2.05, 4.69) is 10.1 Å². The molecule has 0 unspecified atom stereocenters. The average Bonchev–Trinajstić information content (AvgIpc) is 3.44. The monoisotopic (exact) mass is 688 g/mol. The number of anilines is 1. The lowest BCUT2D eigenvalue weighted by atomic mass is 9.99. The van der Waals surface area contributed by atoms with E-state index in [0.717, 1.165) is 15.3 Å². The summed E-state index contributed by atoms with van der Waals surface area (Å²) >= 11 is 7.76. The van der Waals surface area contributed by atoms with Gasteiger partial charge in [-0.05, 0) is 58.7 Å². The number of halogens is 4. The van der Waals surface area contributed by atoms with Gasteiger partial charge in [0.05, 0.1) is 34.7 Å². The molecule has 4 aromatic carbocycles. The molecule has 0 bridgehead atoms. The van der Waals surface area contributed by atoms with Crippen LogP contribution in [0.2, 0.25) is 5.02 Å². The van der Waals surface area contributed by atoms with Gasteiger partial charge in [0.1, 0.15) is 6.04 Å². The quantitative estimate of drug-likeness (QED) is 0.112. The number of carbonyl (C=O) groups excluding carboxylic acids is 2. The van der Waals surface area contributed by atoms with Crippen LogP contribution < -0.4 is 9.62 Å². The van der Waals surface area contributed by atoms with Crippen molar-refractivity contribution in [3.63, 3.8) is 0 Å². The molecule has 0 radical (unpaired) electrons. The number of nitrogens with zero attached hydrogens (tertiary/aromatic N) is 1. The fraction of sp³-hybridized carbons (Fsp3) is 0.212. The van der Waals surface area contributed by atoms with Crippen molar-refractivity contribution in [3.8, 4) is 11.1 Å². The van der Waals surface area contributed by atoms with E-state index in [4.69, 9.17) is 11.6 Å². The maximum atomic E-state index is 14.0. The smallest absolute Gasteiger partial charge is 0.417 e. The van der Waals surface area contributed by atoms with Crippen molar-refractivity contribution < 1.29 is 35.9 Å². The Morgan fingerprint density at radius 1 is 1.00 bits per heavy atom. The van der Waals surface area contributed by atoms with Crippen LogP contribution in [0.25, 0.3) is 11.1 Å². The van der Waals surface area contributed by atoms with Gasteiger partial charge in [-0.2, -0.15) is 13.2 Å². The summed E-state index contributed by atoms with van der Waals surface area (Å²) in [6.07, 6.45) is -4.34. The number of ether oxygens (including phenoxy) is 1. The minimum atomic E-state index is -4.58. The number of hydrogen-bond donors (Lipinski definition) is 1. The van der Waals surface area contributed by atoms with Gasteiger partial charge in [-0.25, -0.2) is 8.42 Å². The molecule has 1 N–H and O–H groups in total. The maximum Gasteiger partial charge on any atom is 0.417 e. The number of benzene rings is 4. The van der Waals surface area contributed by atoms with Crippen LogP contribution in [0.1, 0.15) is 16.7 Å². The van der Waals surface area contributed by atoms with Gasteiger partial charge in [0.25, 0.3) is 10.0 Å². The summed E-state index contributed by atoms with van der Waals surface area (Å²) < 4.78 is 74.5. The lowest BCUT2D eigenvalue weighted by molar-refractivity contribution is -0.140. The van der Waals surface area contributed by atoms with Gasteiger partial charge in [0.15, 0.2) is 0 Å². The number of amides is 1. The molecule has 0 fully saturated rings. The fourth-order valence-corrected chi connectivity index (χ4v) is 8.02. The summed E-state index contributed by atoms with van der Waals surface area (Å²) in [4.78, 5) is 25.5. The van der Waals surface area contributed by atoms with Crippen molar-refractivity contribution in [1.82, 2.24) is 5.32 Å². The first-order valence-corrected chi connectivity index (χ1v) is 16.9. The van der Waals surface area contributed by atoms with Gasteiger partial charge < -0.3 is 10.1 Å². The van der Waals surface area contributed by atoms with Crippen molar-refractivity contribution in [2.45, 2.75) is 34.9 Å². The number of carbonyl (C=O) groups is 2. The molecule has 240 valence electrons. The molecule has 0 saturated heterocycles. The predicted molar refractivity (Wildman–Crippen MR) is 171 cm³/mol. The summed E-state index contributed by atoms with van der Waals surface area (Å²) in [6.45, 7) is 0.220. The number of para-hydroxylation sites is 1. The summed E-state index contributed by atoms with van der Waals surface area (Å²) in [6, 6.07) is 21.2. The first-order chi connectivity index (χ1) is 21.9. The number of sulfonamides is 1. The second-order valence-corrected chi connectivity index (χ2v) is 13.7. The van der Waals surface area contributed by atoms with E-state index in [9.17, 15) is 31.2 Å². The molecular formula is C33H28ClF3N2O5S2. The van der Waals surface area contributed by atoms with Crippen LogP contribution in [0.4, 0.5) is 18.9 Å². The molecule has 1 atom stereocenters. The zero-order valence-corrected chi connectivity index (χ0v) is 26.8. The first-order valence-electron chi connectivity index (χ1n) is 14.0. The summed E-state index contributed by atoms with van der Waals surface area (Å²) in [7, 11) is -2.97. The molecule has 1 amide bonds. The van der Waals surface area contributed by atoms with E-state index in [-0.39, 0.29) is 41.4 Å². The van der Waals surface area contributed by atoms with Crippen LogP contribution in [0.5, 0.6) is 0 Å². The third-order valence-electron chi connectivity index (χ3n) is 7.41. The molecule has 13 heteroatoms. The largest absolute Gasteiger partial charge is 0.469 e. The van der Waals surface area contributed by atoms with E-state index in [0.29, 0.717) is 27.6 Å². The molecule has 0 aliphatic carbocycles. The topological polar surface area (TPSA) is 92.8 Å². The lowest BCUT2D eigenvalue weighted by Gasteiger charge is -2.26. The average molecular weight is 689 g/mol. The molecule has 0 aromatic heterocycles. The number of fused-ring (bicyclic) bond motifs is 1. The molecule has 4 aromatic rings. The molecule has 1 heterocycles. The van der Waals surface area contributed by atoms with Crippen molar-refractivity contribution >= 4 is 50.9 Å². The highest BCUT2D eigenvalue weighted by molar-refractivity contribution is 7.99. The van der Waals surface area contributed by atoms with Crippen LogP contribution in [-0.4, -0.2) is 45.7 Å². The highest BCUT2D eigenvalue weighted by Crippen LogP contribution is 2.39. The Kier molecular flexibility index (Phi) is 9.99. The van der Waals surface area contributed by atoms with Crippen LogP contribution in [0, 0.1) is 0 Å². The molecule has 0 spiro atoms. The van der Waals surface area contributed by atoms with Gasteiger partial charge in [-0.15, -0.1) is 11.8 Å². The standard InChI is InChI=1S/C33H28ClF3N2O5S2/c1-44-31(40)19-21-10-15-30(27(34)18-21)45-17-16-38-32(41)29-20-23-6-2-5-9-28(23)39(29)46(42,43)24-13-11-22(12-14-24)25-7-3-4-8-26(25)33(35,36)37/h2-15,18,29H,16-17,19-20H2,1H3,(H,38,41)/t29-/m0/s1. The SMILES string of the molecule is COC(=O)Cc1ccc(SCCNC(=O)[C@@H]2Cc3ccccc3N2S(=O)(=O)c2ccc(-c3ccccc3C(F)(F)F)cc2)c(Cl)c1. The van der Waals surface area contributed by atoms with Gasteiger partial charge in [-0.3, -0.25) is 13.9 Å². The van der Waals surface area contributed by atoms with Crippen molar-refractivity contribution in [1.29, 1.82) is 0 Å². The molecule has 1 aliphatic rings. The lowest BCUT2D eigenvalue weighted by Crippen LogP contribution is -2.48. The third kappa shape index (κ3) is 7.19. The summed E-state index contributed by atoms with van der Waals surface area (Å²) in [5.41, 5.74) is 1.06. The number of alkyl halides is 3. The molecule has 7 nitrogen and oxygen atoms in total. The van der Waals surface area contributed by atoms with Gasteiger partial charge in [0.2, 0.25) is 5.91 Å². The van der Waals surface area contributed by atoms with E-state index in [1.54, 1.807) is 42.5 Å². The van der Waals surface area contributed by atoms with Gasteiger partial charge >= 0.3 is 12.1 Å². The Morgan fingerprint density at radius 2 is 1.70 bits per heavy atom. The second-order valence-electron chi connectivity index (χ2n) is 10.4. The van der Waals surface area contributed by atoms with Crippen molar-refractivity contribution in [2.75, 3.05) is 23.7 Å². The normalized spacial score (nSPS) is 14.5. The Hall–Kier alpha value is -4.00. The number of hydrogen-bond acceptors (Lipinski definition) is 6. The molecule has 5 rings (SSSR count). The number of rotatable bonds is 10. The Balaban J connectivity index is 1.30. The molecule has 0 saturated carbocycles. The van der Waals surface area contributed by atoms with Crippen LogP contribution in [0.3, 0.4) is 0 Å². The highest BCUT2D eigenvalue weighted by Gasteiger charge is 2.42. The zero-order chi connectivity index (χ0) is 33.1. The third-order valence-corrected chi connectivity index (χ3v) is 10.8. The van der Waals surface area contributed by atoms with Gasteiger partial charge in [-0.1, -0.05) is 66.2 Å². The Morgan fingerprint density at radius 3 is 2.39 bits per heavy atom. The predicted octanol–water partition coefficient (Wildman–Crippen LogP) is 6.77. The van der Waals surface area contributed by atoms with E-state index < -0.39 is 33.7 Å². The number of esters is 1. The number of nitrogens with one attached hydrogen (secondary N) is 1. The van der Waals surface area contributed by atoms with Crippen molar-refractivity contribution in [2.24, 2.45) is 0 Å². The van der Waals surface area contributed by atoms with Crippen LogP contribution in [0.15, 0.2) is 101 Å². The number of thioether (sulfide) groups is 1. The van der Waals surface area contributed by atoms with E-state index in [1.807, 2.05) is 0 Å². The minimum absolute atomic E-state index is 0.0704. The second kappa shape index (κ2) is 13.8. The summed E-state index contributed by atoms with van der Waals surface area (Å²) in [5, 5.41) is 3.27. The van der Waals surface area contributed by atoms with Crippen LogP contribution in [-0.2, 0) is 43.4 Å². The molecular weight excluding hydrogens is 661 g/mol. The van der Waals surface area contributed by atoms with E-state index >= 15 is 0 Å². The van der Waals surface area contributed by atoms with Gasteiger partial charge in [0, 0.05) is 23.6 Å². The minimum Gasteiger partial charge on any atom is -0.469 e. The zero-order valence-electron chi connectivity index (χ0n) is 24.4. The van der Waals surface area contributed by atoms with E-state index in [1.165, 1.54) is 61.3 Å². The first kappa shape index (κ1) is 33.4. The summed E-state index contributed by atoms with van der Waals surface area (Å²) in [5.74, 6) is -0.432. The molecule has 46 heavy (non-hydrogen) atoms.